The third-order valence-corrected chi connectivity index (χ3v) is 7.45. The van der Waals surface area contributed by atoms with Crippen LogP contribution in [0.4, 0.5) is 11.5 Å². The van der Waals surface area contributed by atoms with Gasteiger partial charge < -0.3 is 24.4 Å². The minimum atomic E-state index is -0.0831. The Morgan fingerprint density at radius 1 is 1.03 bits per heavy atom. The standard InChI is InChI=1S/C29H30N6O2/c1-4-25(36)35-12-9-19-5-6-20(17-22(19)35)26-27-23(37-3)8-11-31-29(27)32-28(26)21-7-10-30-24(18-21)34-15-13-33(2)14-16-34/h4-8,10-11,17-18H,1,9,12-16H2,2-3H3,(H,31,32). The molecule has 3 aromatic heterocycles. The number of piperazine rings is 1. The molecular weight excluding hydrogens is 464 g/mol. The van der Waals surface area contributed by atoms with E-state index < -0.39 is 0 Å². The molecule has 8 heteroatoms. The van der Waals surface area contributed by atoms with Crippen molar-refractivity contribution in [2.75, 3.05) is 56.7 Å². The molecule has 0 bridgehead atoms. The van der Waals surface area contributed by atoms with Gasteiger partial charge in [-0.25, -0.2) is 9.97 Å². The van der Waals surface area contributed by atoms with Crippen molar-refractivity contribution in [3.8, 4) is 28.1 Å². The number of fused-ring (bicyclic) bond motifs is 2. The van der Waals surface area contributed by atoms with Gasteiger partial charge in [-0.1, -0.05) is 18.7 Å². The quantitative estimate of drug-likeness (QED) is 0.421. The molecule has 2 aliphatic heterocycles. The number of hydrogen-bond donors (Lipinski definition) is 1. The number of pyridine rings is 2. The van der Waals surface area contributed by atoms with Crippen LogP contribution in [0.2, 0.25) is 0 Å². The molecular formula is C29H30N6O2. The van der Waals surface area contributed by atoms with Gasteiger partial charge in [-0.3, -0.25) is 4.79 Å². The lowest BCUT2D eigenvalue weighted by atomic mass is 9.97. The highest BCUT2D eigenvalue weighted by Gasteiger charge is 2.26. The topological polar surface area (TPSA) is 77.6 Å². The van der Waals surface area contributed by atoms with E-state index in [9.17, 15) is 4.79 Å². The fourth-order valence-electron chi connectivity index (χ4n) is 5.42. The van der Waals surface area contributed by atoms with Crippen LogP contribution in [0.3, 0.4) is 0 Å². The number of carbonyl (C=O) groups is 1. The number of H-pyrrole nitrogens is 1. The number of aromatic nitrogens is 3. The number of amides is 1. The molecule has 8 nitrogen and oxygen atoms in total. The smallest absolute Gasteiger partial charge is 0.250 e. The van der Waals surface area contributed by atoms with E-state index in [2.05, 4.69) is 62.6 Å². The van der Waals surface area contributed by atoms with Gasteiger partial charge >= 0.3 is 0 Å². The summed E-state index contributed by atoms with van der Waals surface area (Å²) in [6.07, 6.45) is 5.83. The second-order valence-corrected chi connectivity index (χ2v) is 9.59. The SMILES string of the molecule is C=CC(=O)N1CCc2ccc(-c3c(-c4ccnc(N5CCN(C)CC5)c4)[nH]c4nccc(OC)c34)cc21. The lowest BCUT2D eigenvalue weighted by Gasteiger charge is -2.33. The van der Waals surface area contributed by atoms with E-state index in [4.69, 9.17) is 4.74 Å². The Bertz CT molecular complexity index is 1500. The van der Waals surface area contributed by atoms with E-state index in [0.717, 1.165) is 88.8 Å². The molecule has 0 saturated carbocycles. The first-order valence-electron chi connectivity index (χ1n) is 12.6. The van der Waals surface area contributed by atoms with E-state index in [-0.39, 0.29) is 5.91 Å². The second kappa shape index (κ2) is 9.37. The summed E-state index contributed by atoms with van der Waals surface area (Å²) in [5, 5.41) is 0.914. The lowest BCUT2D eigenvalue weighted by Crippen LogP contribution is -2.44. The van der Waals surface area contributed by atoms with Crippen molar-refractivity contribution < 1.29 is 9.53 Å². The number of aromatic amines is 1. The first kappa shape index (κ1) is 23.2. The van der Waals surface area contributed by atoms with Crippen molar-refractivity contribution in [1.82, 2.24) is 19.9 Å². The molecule has 4 aromatic rings. The predicted octanol–water partition coefficient (Wildman–Crippen LogP) is 4.13. The maximum atomic E-state index is 12.5. The molecule has 188 valence electrons. The normalized spacial score (nSPS) is 15.7. The molecule has 1 saturated heterocycles. The molecule has 0 atom stereocenters. The molecule has 0 radical (unpaired) electrons. The van der Waals surface area contributed by atoms with Crippen molar-refractivity contribution in [2.45, 2.75) is 6.42 Å². The average Bonchev–Trinajstić information content (AvgIpc) is 3.54. The maximum Gasteiger partial charge on any atom is 0.250 e. The molecule has 0 spiro atoms. The van der Waals surface area contributed by atoms with Gasteiger partial charge in [-0.2, -0.15) is 0 Å². The fourth-order valence-corrected chi connectivity index (χ4v) is 5.42. The van der Waals surface area contributed by atoms with Crippen LogP contribution in [0.1, 0.15) is 5.56 Å². The number of ether oxygens (including phenoxy) is 1. The summed E-state index contributed by atoms with van der Waals surface area (Å²) in [4.78, 5) is 31.9. The maximum absolute atomic E-state index is 12.5. The number of anilines is 2. The summed E-state index contributed by atoms with van der Waals surface area (Å²) >= 11 is 0. The zero-order valence-corrected chi connectivity index (χ0v) is 21.2. The Hall–Kier alpha value is -4.17. The van der Waals surface area contributed by atoms with E-state index in [1.54, 1.807) is 18.2 Å². The van der Waals surface area contributed by atoms with Gasteiger partial charge in [0.2, 0.25) is 5.91 Å². The van der Waals surface area contributed by atoms with Crippen molar-refractivity contribution in [2.24, 2.45) is 0 Å². The monoisotopic (exact) mass is 494 g/mol. The minimum absolute atomic E-state index is 0.0831. The van der Waals surface area contributed by atoms with Gasteiger partial charge in [0.15, 0.2) is 0 Å². The third-order valence-electron chi connectivity index (χ3n) is 7.45. The second-order valence-electron chi connectivity index (χ2n) is 9.59. The highest BCUT2D eigenvalue weighted by Crippen LogP contribution is 2.44. The summed E-state index contributed by atoms with van der Waals surface area (Å²) in [5.74, 6) is 1.63. The number of nitrogens with one attached hydrogen (secondary N) is 1. The zero-order chi connectivity index (χ0) is 25.5. The molecule has 5 heterocycles. The number of hydrogen-bond acceptors (Lipinski definition) is 6. The number of likely N-dealkylation sites (N-methyl/N-ethyl adjacent to an activating group) is 1. The van der Waals surface area contributed by atoms with E-state index >= 15 is 0 Å². The van der Waals surface area contributed by atoms with E-state index in [1.165, 1.54) is 6.08 Å². The predicted molar refractivity (Wildman–Crippen MR) is 147 cm³/mol. The molecule has 2 aliphatic rings. The summed E-state index contributed by atoms with van der Waals surface area (Å²) < 4.78 is 5.77. The van der Waals surface area contributed by atoms with Crippen LogP contribution >= 0.6 is 0 Å². The van der Waals surface area contributed by atoms with Crippen molar-refractivity contribution >= 4 is 28.4 Å². The summed E-state index contributed by atoms with van der Waals surface area (Å²) in [6, 6.07) is 12.4. The summed E-state index contributed by atoms with van der Waals surface area (Å²) in [6.45, 7) is 8.26. The Morgan fingerprint density at radius 2 is 1.84 bits per heavy atom. The van der Waals surface area contributed by atoms with Gasteiger partial charge in [0.05, 0.1) is 18.2 Å². The van der Waals surface area contributed by atoms with E-state index in [0.29, 0.717) is 6.54 Å². The minimum Gasteiger partial charge on any atom is -0.496 e. The third kappa shape index (κ3) is 4.03. The fraction of sp³-hybridized carbons (Fsp3) is 0.276. The molecule has 0 unspecified atom stereocenters. The molecule has 6 rings (SSSR count). The van der Waals surface area contributed by atoms with Crippen LogP contribution in [-0.4, -0.2) is 72.6 Å². The van der Waals surface area contributed by atoms with Crippen LogP contribution in [0.25, 0.3) is 33.4 Å². The van der Waals surface area contributed by atoms with Crippen LogP contribution < -0.4 is 14.5 Å². The number of carbonyl (C=O) groups excluding carboxylic acids is 1. The van der Waals surface area contributed by atoms with Crippen LogP contribution in [0, 0.1) is 0 Å². The Balaban J connectivity index is 1.52. The van der Waals surface area contributed by atoms with Gasteiger partial charge in [0.25, 0.3) is 0 Å². The number of benzene rings is 1. The Kier molecular flexibility index (Phi) is 5.88. The number of rotatable bonds is 5. The van der Waals surface area contributed by atoms with Crippen LogP contribution in [-0.2, 0) is 11.2 Å². The van der Waals surface area contributed by atoms with Crippen molar-refractivity contribution in [3.63, 3.8) is 0 Å². The first-order chi connectivity index (χ1) is 18.1. The number of methoxy groups -OCH3 is 1. The highest BCUT2D eigenvalue weighted by molar-refractivity contribution is 6.07. The highest BCUT2D eigenvalue weighted by atomic mass is 16.5. The molecule has 1 fully saturated rings. The first-order valence-corrected chi connectivity index (χ1v) is 12.6. The average molecular weight is 495 g/mol. The zero-order valence-electron chi connectivity index (χ0n) is 21.2. The van der Waals surface area contributed by atoms with Crippen molar-refractivity contribution in [3.05, 3.63) is 67.0 Å². The Labute approximate surface area is 216 Å². The van der Waals surface area contributed by atoms with Crippen LogP contribution in [0.5, 0.6) is 5.75 Å². The Morgan fingerprint density at radius 3 is 2.62 bits per heavy atom. The molecule has 1 N–H and O–H groups in total. The van der Waals surface area contributed by atoms with Gasteiger partial charge in [-0.15, -0.1) is 0 Å². The number of nitrogens with zero attached hydrogens (tertiary/aromatic N) is 5. The lowest BCUT2D eigenvalue weighted by molar-refractivity contribution is -0.114. The van der Waals surface area contributed by atoms with Gasteiger partial charge in [0, 0.05) is 61.9 Å². The van der Waals surface area contributed by atoms with Crippen molar-refractivity contribution in [1.29, 1.82) is 0 Å². The molecule has 1 amide bonds. The molecule has 1 aromatic carbocycles. The van der Waals surface area contributed by atoms with Crippen LogP contribution in [0.15, 0.2) is 61.4 Å². The van der Waals surface area contributed by atoms with Gasteiger partial charge in [0.1, 0.15) is 17.2 Å². The molecule has 37 heavy (non-hydrogen) atoms. The summed E-state index contributed by atoms with van der Waals surface area (Å²) in [5.41, 5.74) is 6.80. The molecule has 0 aliphatic carbocycles. The van der Waals surface area contributed by atoms with E-state index in [1.807, 2.05) is 18.3 Å². The largest absolute Gasteiger partial charge is 0.496 e. The van der Waals surface area contributed by atoms with Gasteiger partial charge in [-0.05, 0) is 54.9 Å². The summed E-state index contributed by atoms with van der Waals surface area (Å²) in [7, 11) is 3.83.